The first-order valence-corrected chi connectivity index (χ1v) is 8.18. The van der Waals surface area contributed by atoms with Gasteiger partial charge in [-0.3, -0.25) is 0 Å². The molecule has 0 saturated carbocycles. The zero-order valence-corrected chi connectivity index (χ0v) is 13.3. The second kappa shape index (κ2) is 5.56. The molecule has 1 aromatic carbocycles. The van der Waals surface area contributed by atoms with Gasteiger partial charge >= 0.3 is 0 Å². The number of aromatic nitrogens is 1. The number of nitrogens with one attached hydrogen (secondary N) is 1. The van der Waals surface area contributed by atoms with Crippen molar-refractivity contribution in [2.45, 2.75) is 37.3 Å². The minimum absolute atomic E-state index is 0.560. The summed E-state index contributed by atoms with van der Waals surface area (Å²) < 4.78 is 5.22. The number of hydrogen-bond acceptors (Lipinski definition) is 3. The molecule has 2 bridgehead atoms. The lowest BCUT2D eigenvalue weighted by Crippen LogP contribution is -2.21. The highest BCUT2D eigenvalue weighted by molar-refractivity contribution is 6.32. The summed E-state index contributed by atoms with van der Waals surface area (Å²) in [5, 5.41) is 4.25. The SMILES string of the molecule is COc1ccc(-c2cc([C@H]3C[C@@H]4CC[C@H]3N4)cnc2Cl)cc1. The lowest BCUT2D eigenvalue weighted by molar-refractivity contribution is 0.415. The van der Waals surface area contributed by atoms with E-state index in [1.54, 1.807) is 7.11 Å². The van der Waals surface area contributed by atoms with Gasteiger partial charge in [0.15, 0.2) is 0 Å². The standard InChI is InChI=1S/C18H19ClN2O/c1-22-14-5-2-11(3-6-14)16-8-12(10-20-18(16)19)15-9-13-4-7-17(15)21-13/h2-3,5-6,8,10,13,15,17,21H,4,7,9H2,1H3/t13-,15+,17+/m0/s1. The number of hydrogen-bond donors (Lipinski definition) is 1. The van der Waals surface area contributed by atoms with Gasteiger partial charge in [-0.1, -0.05) is 23.7 Å². The van der Waals surface area contributed by atoms with Gasteiger partial charge in [0.25, 0.3) is 0 Å². The van der Waals surface area contributed by atoms with E-state index in [9.17, 15) is 0 Å². The quantitative estimate of drug-likeness (QED) is 0.869. The third-order valence-electron chi connectivity index (χ3n) is 4.99. The van der Waals surface area contributed by atoms with Crippen LogP contribution in [0.4, 0.5) is 0 Å². The van der Waals surface area contributed by atoms with E-state index in [4.69, 9.17) is 16.3 Å². The summed E-state index contributed by atoms with van der Waals surface area (Å²) in [6.45, 7) is 0. The molecule has 2 saturated heterocycles. The fourth-order valence-corrected chi connectivity index (χ4v) is 4.05. The Kier molecular flexibility index (Phi) is 3.55. The fraction of sp³-hybridized carbons (Fsp3) is 0.389. The van der Waals surface area contributed by atoms with Crippen LogP contribution in [-0.4, -0.2) is 24.2 Å². The summed E-state index contributed by atoms with van der Waals surface area (Å²) in [5.74, 6) is 1.42. The van der Waals surface area contributed by atoms with Gasteiger partial charge in [-0.05, 0) is 48.6 Å². The largest absolute Gasteiger partial charge is 0.497 e. The summed E-state index contributed by atoms with van der Waals surface area (Å²) in [6, 6.07) is 11.5. The Labute approximate surface area is 135 Å². The number of ether oxygens (including phenoxy) is 1. The summed E-state index contributed by atoms with van der Waals surface area (Å²) in [6.07, 6.45) is 5.75. The highest BCUT2D eigenvalue weighted by atomic mass is 35.5. The van der Waals surface area contributed by atoms with E-state index in [1.165, 1.54) is 24.8 Å². The van der Waals surface area contributed by atoms with Gasteiger partial charge in [0.2, 0.25) is 0 Å². The second-order valence-corrected chi connectivity index (χ2v) is 6.58. The topological polar surface area (TPSA) is 34.1 Å². The van der Waals surface area contributed by atoms with Gasteiger partial charge in [-0.15, -0.1) is 0 Å². The smallest absolute Gasteiger partial charge is 0.136 e. The van der Waals surface area contributed by atoms with Gasteiger partial charge in [-0.25, -0.2) is 4.98 Å². The lowest BCUT2D eigenvalue weighted by atomic mass is 9.84. The van der Waals surface area contributed by atoms with Crippen molar-refractivity contribution < 1.29 is 4.74 Å². The first kappa shape index (κ1) is 14.0. The Hall–Kier alpha value is -1.58. The van der Waals surface area contributed by atoms with Crippen molar-refractivity contribution in [1.29, 1.82) is 0 Å². The molecular formula is C18H19ClN2O. The predicted molar refractivity (Wildman–Crippen MR) is 88.5 cm³/mol. The monoisotopic (exact) mass is 314 g/mol. The van der Waals surface area contributed by atoms with Crippen LogP contribution in [0, 0.1) is 0 Å². The molecule has 3 atom stereocenters. The first-order chi connectivity index (χ1) is 10.7. The number of rotatable bonds is 3. The van der Waals surface area contributed by atoms with Crippen LogP contribution in [0.1, 0.15) is 30.7 Å². The molecule has 2 aromatic rings. The van der Waals surface area contributed by atoms with E-state index in [1.807, 2.05) is 30.5 Å². The van der Waals surface area contributed by atoms with Gasteiger partial charge < -0.3 is 10.1 Å². The average Bonchev–Trinajstić information content (AvgIpc) is 3.19. The summed E-state index contributed by atoms with van der Waals surface area (Å²) in [5.41, 5.74) is 3.38. The minimum Gasteiger partial charge on any atom is -0.497 e. The van der Waals surface area contributed by atoms with E-state index in [0.717, 1.165) is 16.9 Å². The van der Waals surface area contributed by atoms with Crippen LogP contribution in [0.3, 0.4) is 0 Å². The highest BCUT2D eigenvalue weighted by Crippen LogP contribution is 2.41. The van der Waals surface area contributed by atoms with Crippen LogP contribution in [-0.2, 0) is 0 Å². The Bertz CT molecular complexity index is 686. The van der Waals surface area contributed by atoms with Crippen molar-refractivity contribution in [1.82, 2.24) is 10.3 Å². The number of benzene rings is 1. The van der Waals surface area contributed by atoms with E-state index < -0.39 is 0 Å². The van der Waals surface area contributed by atoms with Crippen molar-refractivity contribution in [3.63, 3.8) is 0 Å². The summed E-state index contributed by atoms with van der Waals surface area (Å²) in [4.78, 5) is 4.43. The molecule has 3 nitrogen and oxygen atoms in total. The minimum atomic E-state index is 0.560. The molecule has 4 heteroatoms. The van der Waals surface area contributed by atoms with Gasteiger partial charge in [0.05, 0.1) is 7.11 Å². The Morgan fingerprint density at radius 3 is 2.68 bits per heavy atom. The van der Waals surface area contributed by atoms with Crippen LogP contribution in [0.25, 0.3) is 11.1 Å². The van der Waals surface area contributed by atoms with Crippen LogP contribution in [0.2, 0.25) is 5.15 Å². The number of halogens is 1. The third kappa shape index (κ3) is 2.38. The third-order valence-corrected chi connectivity index (χ3v) is 5.29. The number of nitrogens with zero attached hydrogens (tertiary/aromatic N) is 1. The lowest BCUT2D eigenvalue weighted by Gasteiger charge is -2.21. The molecule has 2 aliphatic rings. The maximum atomic E-state index is 6.33. The van der Waals surface area contributed by atoms with E-state index >= 15 is 0 Å². The second-order valence-electron chi connectivity index (χ2n) is 6.23. The van der Waals surface area contributed by atoms with E-state index in [0.29, 0.717) is 23.2 Å². The molecule has 114 valence electrons. The molecule has 0 unspecified atom stereocenters. The molecule has 1 N–H and O–H groups in total. The Balaban J connectivity index is 1.68. The fourth-order valence-electron chi connectivity index (χ4n) is 3.83. The first-order valence-electron chi connectivity index (χ1n) is 7.80. The van der Waals surface area contributed by atoms with Gasteiger partial charge in [-0.2, -0.15) is 0 Å². The molecule has 1 aromatic heterocycles. The van der Waals surface area contributed by atoms with Crippen LogP contribution < -0.4 is 10.1 Å². The summed E-state index contributed by atoms with van der Waals surface area (Å²) in [7, 11) is 1.67. The van der Waals surface area contributed by atoms with Crippen LogP contribution in [0.5, 0.6) is 5.75 Å². The molecule has 3 heterocycles. The maximum Gasteiger partial charge on any atom is 0.136 e. The molecule has 0 amide bonds. The number of fused-ring (bicyclic) bond motifs is 2. The maximum absolute atomic E-state index is 6.33. The van der Waals surface area contributed by atoms with Crippen molar-refractivity contribution in [2.24, 2.45) is 0 Å². The van der Waals surface area contributed by atoms with Gasteiger partial charge in [0.1, 0.15) is 10.9 Å². The number of methoxy groups -OCH3 is 1. The van der Waals surface area contributed by atoms with Gasteiger partial charge in [0, 0.05) is 29.8 Å². The Morgan fingerprint density at radius 1 is 1.23 bits per heavy atom. The molecule has 2 aliphatic heterocycles. The van der Waals surface area contributed by atoms with Crippen LogP contribution in [0.15, 0.2) is 36.5 Å². The molecule has 22 heavy (non-hydrogen) atoms. The zero-order valence-electron chi connectivity index (χ0n) is 12.6. The van der Waals surface area contributed by atoms with Crippen molar-refractivity contribution >= 4 is 11.6 Å². The molecule has 0 aliphatic carbocycles. The average molecular weight is 315 g/mol. The van der Waals surface area contributed by atoms with Crippen molar-refractivity contribution in [3.8, 4) is 16.9 Å². The number of pyridine rings is 1. The summed E-state index contributed by atoms with van der Waals surface area (Å²) >= 11 is 6.33. The highest BCUT2D eigenvalue weighted by Gasteiger charge is 2.39. The van der Waals surface area contributed by atoms with Crippen LogP contribution >= 0.6 is 11.6 Å². The molecular weight excluding hydrogens is 296 g/mol. The normalized spacial score (nSPS) is 26.4. The predicted octanol–water partition coefficient (Wildman–Crippen LogP) is 4.02. The zero-order chi connectivity index (χ0) is 15.1. The molecule has 0 radical (unpaired) electrons. The molecule has 4 rings (SSSR count). The van der Waals surface area contributed by atoms with E-state index in [2.05, 4.69) is 16.4 Å². The molecule has 0 spiro atoms. The van der Waals surface area contributed by atoms with Crippen molar-refractivity contribution in [3.05, 3.63) is 47.2 Å². The molecule has 2 fully saturated rings. The Morgan fingerprint density at radius 2 is 2.05 bits per heavy atom. The van der Waals surface area contributed by atoms with E-state index in [-0.39, 0.29) is 0 Å². The van der Waals surface area contributed by atoms with Crippen molar-refractivity contribution in [2.75, 3.05) is 7.11 Å².